The smallest absolute Gasteiger partial charge is 0.0485 e. The van der Waals surface area contributed by atoms with Gasteiger partial charge in [0.2, 0.25) is 0 Å². The first-order valence-corrected chi connectivity index (χ1v) is 8.09. The number of hydrogen-bond donors (Lipinski definition) is 1. The molecule has 0 bridgehead atoms. The number of nitrogens with zero attached hydrogens (tertiary/aromatic N) is 2. The number of hydrogen-bond acceptors (Lipinski definition) is 3. The standard InChI is InChI=1S/C14H25N3S/c1-4-11-15-17-16-12-9-7-6-8-10-14-18(3)13-5-2/h4,7,9,11-12,17H,1,3,5-6,8,10,13-14H2,2H3/b9-7+,15-11+,16-12+. The third-order valence-electron chi connectivity index (χ3n) is 2.14. The zero-order valence-corrected chi connectivity index (χ0v) is 12.2. The Hall–Kier alpha value is -1.16. The predicted octanol–water partition coefficient (Wildman–Crippen LogP) is 3.57. The monoisotopic (exact) mass is 267 g/mol. The van der Waals surface area contributed by atoms with Crippen molar-refractivity contribution in [3.63, 3.8) is 0 Å². The van der Waals surface area contributed by atoms with E-state index in [2.05, 4.69) is 41.2 Å². The van der Waals surface area contributed by atoms with E-state index in [1.807, 2.05) is 6.08 Å². The molecule has 0 rings (SSSR count). The van der Waals surface area contributed by atoms with E-state index in [1.54, 1.807) is 18.5 Å². The Kier molecular flexibility index (Phi) is 13.0. The van der Waals surface area contributed by atoms with Crippen LogP contribution in [0.5, 0.6) is 0 Å². The number of hydrazone groups is 2. The number of nitrogens with one attached hydrogen (secondary N) is 1. The van der Waals surface area contributed by atoms with E-state index in [-0.39, 0.29) is 0 Å². The largest absolute Gasteiger partial charge is 0.198 e. The highest BCUT2D eigenvalue weighted by Gasteiger charge is 1.90. The van der Waals surface area contributed by atoms with Crippen molar-refractivity contribution in [3.8, 4) is 0 Å². The van der Waals surface area contributed by atoms with Crippen LogP contribution in [0.25, 0.3) is 0 Å². The Labute approximate surface area is 114 Å². The zero-order valence-electron chi connectivity index (χ0n) is 11.3. The molecule has 0 aromatic heterocycles. The van der Waals surface area contributed by atoms with Crippen molar-refractivity contribution < 1.29 is 0 Å². The molecule has 1 N–H and O–H groups in total. The summed E-state index contributed by atoms with van der Waals surface area (Å²) in [7, 11) is 0.382. The van der Waals surface area contributed by atoms with Crippen LogP contribution < -0.4 is 5.53 Å². The van der Waals surface area contributed by atoms with Gasteiger partial charge in [0, 0.05) is 12.4 Å². The summed E-state index contributed by atoms with van der Waals surface area (Å²) in [5.74, 6) is 6.72. The molecule has 0 aliphatic rings. The molecule has 0 heterocycles. The van der Waals surface area contributed by atoms with E-state index < -0.39 is 0 Å². The van der Waals surface area contributed by atoms with Crippen molar-refractivity contribution in [2.24, 2.45) is 10.2 Å². The molecule has 0 radical (unpaired) electrons. The average Bonchev–Trinajstić information content (AvgIpc) is 2.36. The van der Waals surface area contributed by atoms with Gasteiger partial charge in [-0.15, -0.1) is 0 Å². The fraction of sp³-hybridized carbons (Fsp3) is 0.500. The van der Waals surface area contributed by atoms with E-state index in [0.717, 1.165) is 6.42 Å². The molecule has 3 nitrogen and oxygen atoms in total. The van der Waals surface area contributed by atoms with Gasteiger partial charge in [-0.2, -0.15) is 26.2 Å². The second kappa shape index (κ2) is 13.9. The molecule has 0 amide bonds. The van der Waals surface area contributed by atoms with E-state index in [4.69, 9.17) is 0 Å². The molecule has 0 aromatic rings. The molecule has 4 heteroatoms. The van der Waals surface area contributed by atoms with Crippen LogP contribution in [0.3, 0.4) is 0 Å². The fourth-order valence-electron chi connectivity index (χ4n) is 1.31. The van der Waals surface area contributed by atoms with Crippen LogP contribution in [-0.2, 0) is 0 Å². The molecular weight excluding hydrogens is 242 g/mol. The fourth-order valence-corrected chi connectivity index (χ4v) is 2.71. The normalized spacial score (nSPS) is 13.6. The Morgan fingerprint density at radius 2 is 1.94 bits per heavy atom. The van der Waals surface area contributed by atoms with Gasteiger partial charge in [-0.3, -0.25) is 0 Å². The molecule has 1 unspecified atom stereocenters. The first-order valence-electron chi connectivity index (χ1n) is 6.35. The summed E-state index contributed by atoms with van der Waals surface area (Å²) in [4.78, 5) is 0. The minimum absolute atomic E-state index is 0.382. The third-order valence-corrected chi connectivity index (χ3v) is 3.99. The maximum Gasteiger partial charge on any atom is 0.0485 e. The topological polar surface area (TPSA) is 36.8 Å². The first-order chi connectivity index (χ1) is 8.81. The van der Waals surface area contributed by atoms with Crippen molar-refractivity contribution in [2.75, 3.05) is 11.5 Å². The van der Waals surface area contributed by atoms with Crippen molar-refractivity contribution >= 4 is 28.8 Å². The third kappa shape index (κ3) is 12.9. The Balaban J connectivity index is 3.40. The molecule has 0 fully saturated rings. The Morgan fingerprint density at radius 1 is 1.17 bits per heavy atom. The van der Waals surface area contributed by atoms with Gasteiger partial charge in [0.15, 0.2) is 0 Å². The van der Waals surface area contributed by atoms with E-state index in [0.29, 0.717) is 10.5 Å². The summed E-state index contributed by atoms with van der Waals surface area (Å²) in [6, 6.07) is 0. The lowest BCUT2D eigenvalue weighted by molar-refractivity contribution is 0.816. The number of unbranched alkanes of at least 4 members (excludes halogenated alkanes) is 2. The van der Waals surface area contributed by atoms with Crippen LogP contribution in [0.4, 0.5) is 0 Å². The molecule has 0 saturated carbocycles. The van der Waals surface area contributed by atoms with E-state index >= 15 is 0 Å². The van der Waals surface area contributed by atoms with Crippen molar-refractivity contribution in [2.45, 2.75) is 32.6 Å². The molecule has 0 spiro atoms. The Morgan fingerprint density at radius 3 is 2.67 bits per heavy atom. The van der Waals surface area contributed by atoms with E-state index in [9.17, 15) is 0 Å². The SMILES string of the molecule is C=C/C=N/N/N=C/C=C/CCCCS(=C)CCC. The predicted molar refractivity (Wildman–Crippen MR) is 88.0 cm³/mol. The van der Waals surface area contributed by atoms with Crippen LogP contribution in [0.15, 0.2) is 35.0 Å². The van der Waals surface area contributed by atoms with Gasteiger partial charge in [-0.1, -0.05) is 25.4 Å². The summed E-state index contributed by atoms with van der Waals surface area (Å²) < 4.78 is 0. The highest BCUT2D eigenvalue weighted by atomic mass is 32.2. The lowest BCUT2D eigenvalue weighted by Crippen LogP contribution is -1.92. The summed E-state index contributed by atoms with van der Waals surface area (Å²) in [6.07, 6.45) is 13.8. The second-order valence-corrected chi connectivity index (χ2v) is 5.88. The van der Waals surface area contributed by atoms with Crippen LogP contribution in [0.2, 0.25) is 0 Å². The van der Waals surface area contributed by atoms with Crippen molar-refractivity contribution in [3.05, 3.63) is 24.8 Å². The van der Waals surface area contributed by atoms with Crippen molar-refractivity contribution in [1.29, 1.82) is 0 Å². The molecule has 102 valence electrons. The lowest BCUT2D eigenvalue weighted by atomic mass is 10.2. The summed E-state index contributed by atoms with van der Waals surface area (Å²) >= 11 is 0. The Bertz CT molecular complexity index is 306. The summed E-state index contributed by atoms with van der Waals surface area (Å²) in [5.41, 5.74) is 2.53. The van der Waals surface area contributed by atoms with Gasteiger partial charge in [-0.05, 0) is 49.3 Å². The maximum absolute atomic E-state index is 4.17. The minimum atomic E-state index is 0.382. The van der Waals surface area contributed by atoms with Gasteiger partial charge < -0.3 is 0 Å². The van der Waals surface area contributed by atoms with E-state index in [1.165, 1.54) is 30.8 Å². The second-order valence-electron chi connectivity index (χ2n) is 3.84. The zero-order chi connectivity index (χ0) is 13.5. The number of allylic oxidation sites excluding steroid dienone is 3. The lowest BCUT2D eigenvalue weighted by Gasteiger charge is -2.03. The van der Waals surface area contributed by atoms with Gasteiger partial charge in [0.25, 0.3) is 0 Å². The molecule has 0 saturated heterocycles. The maximum atomic E-state index is 4.17. The van der Waals surface area contributed by atoms with Gasteiger partial charge in [0.05, 0.1) is 0 Å². The molecule has 1 atom stereocenters. The van der Waals surface area contributed by atoms with Gasteiger partial charge in [-0.25, -0.2) is 0 Å². The molecule has 0 aliphatic heterocycles. The van der Waals surface area contributed by atoms with Crippen LogP contribution in [-0.4, -0.2) is 29.8 Å². The van der Waals surface area contributed by atoms with Crippen LogP contribution in [0, 0.1) is 0 Å². The molecule has 18 heavy (non-hydrogen) atoms. The van der Waals surface area contributed by atoms with Gasteiger partial charge >= 0.3 is 0 Å². The van der Waals surface area contributed by atoms with Gasteiger partial charge in [0.1, 0.15) is 0 Å². The van der Waals surface area contributed by atoms with Crippen LogP contribution in [0.1, 0.15) is 32.6 Å². The molecular formula is C14H25N3S. The quantitative estimate of drug-likeness (QED) is 0.264. The highest BCUT2D eigenvalue weighted by Crippen LogP contribution is 2.13. The minimum Gasteiger partial charge on any atom is -0.198 e. The van der Waals surface area contributed by atoms with Crippen LogP contribution >= 0.6 is 10.5 Å². The highest BCUT2D eigenvalue weighted by molar-refractivity contribution is 8.14. The first kappa shape index (κ1) is 16.8. The average molecular weight is 267 g/mol. The van der Waals surface area contributed by atoms with Crippen molar-refractivity contribution in [1.82, 2.24) is 5.53 Å². The molecule has 0 aromatic carbocycles. The molecule has 0 aliphatic carbocycles. The summed E-state index contributed by atoms with van der Waals surface area (Å²) in [6.45, 7) is 5.72. The number of rotatable bonds is 11. The summed E-state index contributed by atoms with van der Waals surface area (Å²) in [5, 5.41) is 7.61.